The second kappa shape index (κ2) is 4.20. The van der Waals surface area contributed by atoms with Gasteiger partial charge in [-0.25, -0.2) is 0 Å². The molecule has 0 atom stereocenters. The van der Waals surface area contributed by atoms with E-state index in [9.17, 15) is 5.21 Å². The lowest BCUT2D eigenvalue weighted by Gasteiger charge is -2.08. The molecule has 0 saturated carbocycles. The lowest BCUT2D eigenvalue weighted by atomic mass is 10.1. The van der Waals surface area contributed by atoms with E-state index in [4.69, 9.17) is 15.2 Å². The summed E-state index contributed by atoms with van der Waals surface area (Å²) in [5.74, 6) is 1.07. The number of nitrogens with zero attached hydrogens (tertiary/aromatic N) is 2. The van der Waals surface area contributed by atoms with Crippen LogP contribution >= 0.6 is 0 Å². The molecule has 90 valence electrons. The Morgan fingerprint density at radius 3 is 2.53 bits per heavy atom. The SMILES string of the molecule is COc1ccc(-c2c(N)no[n+]2[O-])cc1OC. The number of nitrogen functional groups attached to an aromatic ring is 1. The molecule has 0 aliphatic heterocycles. The maximum Gasteiger partial charge on any atom is 0.313 e. The number of hydrogen-bond donors (Lipinski definition) is 1. The van der Waals surface area contributed by atoms with Crippen molar-refractivity contribution in [3.8, 4) is 22.8 Å². The highest BCUT2D eigenvalue weighted by molar-refractivity contribution is 5.69. The first-order chi connectivity index (χ1) is 8.17. The summed E-state index contributed by atoms with van der Waals surface area (Å²) in [5, 5.41) is 14.7. The van der Waals surface area contributed by atoms with E-state index in [-0.39, 0.29) is 16.4 Å². The Labute approximate surface area is 96.9 Å². The first-order valence-corrected chi connectivity index (χ1v) is 4.75. The fraction of sp³-hybridized carbons (Fsp3) is 0.200. The number of rotatable bonds is 3. The molecule has 1 heterocycles. The molecule has 0 radical (unpaired) electrons. The zero-order chi connectivity index (χ0) is 12.4. The van der Waals surface area contributed by atoms with Gasteiger partial charge in [-0.1, -0.05) is 0 Å². The van der Waals surface area contributed by atoms with Gasteiger partial charge in [-0.2, -0.15) is 0 Å². The molecule has 0 aliphatic carbocycles. The molecule has 0 unspecified atom stereocenters. The summed E-state index contributed by atoms with van der Waals surface area (Å²) in [6, 6.07) is 4.95. The molecule has 7 heteroatoms. The van der Waals surface area contributed by atoms with Crippen LogP contribution in [-0.4, -0.2) is 19.4 Å². The largest absolute Gasteiger partial charge is 0.493 e. The maximum absolute atomic E-state index is 11.3. The minimum absolute atomic E-state index is 0.0206. The predicted octanol–water partition coefficient (Wildman–Crippen LogP) is 0.574. The van der Waals surface area contributed by atoms with Crippen LogP contribution in [0.1, 0.15) is 0 Å². The molecule has 0 aliphatic rings. The number of hydrogen-bond acceptors (Lipinski definition) is 6. The Morgan fingerprint density at radius 2 is 2.00 bits per heavy atom. The Kier molecular flexibility index (Phi) is 2.73. The molecule has 2 rings (SSSR count). The lowest BCUT2D eigenvalue weighted by Crippen LogP contribution is -2.25. The van der Waals surface area contributed by atoms with Crippen LogP contribution in [0.5, 0.6) is 11.5 Å². The van der Waals surface area contributed by atoms with E-state index in [1.165, 1.54) is 14.2 Å². The van der Waals surface area contributed by atoms with Crippen LogP contribution in [-0.2, 0) is 0 Å². The van der Waals surface area contributed by atoms with Gasteiger partial charge in [0, 0.05) is 5.56 Å². The van der Waals surface area contributed by atoms with E-state index in [2.05, 4.69) is 9.79 Å². The van der Waals surface area contributed by atoms with E-state index >= 15 is 0 Å². The number of anilines is 1. The van der Waals surface area contributed by atoms with Crippen molar-refractivity contribution in [2.45, 2.75) is 0 Å². The third-order valence-corrected chi connectivity index (χ3v) is 2.30. The minimum Gasteiger partial charge on any atom is -0.493 e. The standard InChI is InChI=1S/C10H11N3O4/c1-15-7-4-3-6(5-8(7)16-2)9-10(11)12-17-13(9)14/h3-5H,1-2H3,(H2,11,12). The second-order valence-corrected chi connectivity index (χ2v) is 3.23. The van der Waals surface area contributed by atoms with Crippen molar-refractivity contribution >= 4 is 5.82 Å². The van der Waals surface area contributed by atoms with Crippen LogP contribution in [0.3, 0.4) is 0 Å². The molecule has 0 bridgehead atoms. The quantitative estimate of drug-likeness (QED) is 0.784. The van der Waals surface area contributed by atoms with Crippen LogP contribution in [0.4, 0.5) is 5.82 Å². The first-order valence-electron chi connectivity index (χ1n) is 4.75. The van der Waals surface area contributed by atoms with Crippen LogP contribution in [0.25, 0.3) is 11.3 Å². The van der Waals surface area contributed by atoms with Gasteiger partial charge in [0.05, 0.1) is 19.4 Å². The van der Waals surface area contributed by atoms with Crippen molar-refractivity contribution in [2.24, 2.45) is 0 Å². The molecular formula is C10H11N3O4. The van der Waals surface area contributed by atoms with Gasteiger partial charge in [-0.3, -0.25) is 4.63 Å². The number of ether oxygens (including phenoxy) is 2. The molecule has 17 heavy (non-hydrogen) atoms. The van der Waals surface area contributed by atoms with Gasteiger partial charge >= 0.3 is 5.82 Å². The summed E-state index contributed by atoms with van der Waals surface area (Å²) in [7, 11) is 3.03. The molecule has 2 N–H and O–H groups in total. The van der Waals surface area contributed by atoms with Crippen LogP contribution in [0.2, 0.25) is 0 Å². The van der Waals surface area contributed by atoms with Gasteiger partial charge in [0.2, 0.25) is 0 Å². The van der Waals surface area contributed by atoms with Crippen LogP contribution in [0, 0.1) is 5.21 Å². The fourth-order valence-electron chi connectivity index (χ4n) is 1.50. The highest BCUT2D eigenvalue weighted by atomic mass is 16.8. The molecule has 0 fully saturated rings. The van der Waals surface area contributed by atoms with E-state index < -0.39 is 0 Å². The summed E-state index contributed by atoms with van der Waals surface area (Å²) < 4.78 is 14.6. The molecular weight excluding hydrogens is 226 g/mol. The normalized spacial score (nSPS) is 10.2. The average Bonchev–Trinajstić information content (AvgIpc) is 2.68. The monoisotopic (exact) mass is 237 g/mol. The average molecular weight is 237 g/mol. The Morgan fingerprint density at radius 1 is 1.29 bits per heavy atom. The molecule has 2 aromatic rings. The van der Waals surface area contributed by atoms with Crippen molar-refractivity contribution < 1.29 is 19.0 Å². The van der Waals surface area contributed by atoms with Crippen molar-refractivity contribution in [3.63, 3.8) is 0 Å². The first kappa shape index (κ1) is 11.1. The van der Waals surface area contributed by atoms with Crippen molar-refractivity contribution in [1.82, 2.24) is 5.16 Å². The smallest absolute Gasteiger partial charge is 0.313 e. The van der Waals surface area contributed by atoms with Gasteiger partial charge in [0.15, 0.2) is 11.5 Å². The number of methoxy groups -OCH3 is 2. The van der Waals surface area contributed by atoms with Crippen LogP contribution < -0.4 is 20.1 Å². The molecule has 1 aromatic carbocycles. The third kappa shape index (κ3) is 1.82. The van der Waals surface area contributed by atoms with Gasteiger partial charge in [0.1, 0.15) is 0 Å². The van der Waals surface area contributed by atoms with E-state index in [1.54, 1.807) is 18.2 Å². The maximum atomic E-state index is 11.3. The van der Waals surface area contributed by atoms with E-state index in [1.807, 2.05) is 0 Å². The van der Waals surface area contributed by atoms with Gasteiger partial charge in [-0.05, 0) is 23.1 Å². The van der Waals surface area contributed by atoms with Gasteiger partial charge in [0.25, 0.3) is 5.69 Å². The molecule has 1 aromatic heterocycles. The summed E-state index contributed by atoms with van der Waals surface area (Å²) in [4.78, 5) is 0.247. The van der Waals surface area contributed by atoms with E-state index in [0.29, 0.717) is 17.1 Å². The third-order valence-electron chi connectivity index (χ3n) is 2.30. The van der Waals surface area contributed by atoms with Crippen molar-refractivity contribution in [2.75, 3.05) is 20.0 Å². The Hall–Kier alpha value is -2.44. The molecule has 0 saturated heterocycles. The Bertz CT molecular complexity index is 519. The van der Waals surface area contributed by atoms with Gasteiger partial charge < -0.3 is 20.4 Å². The zero-order valence-corrected chi connectivity index (χ0v) is 9.34. The summed E-state index contributed by atoms with van der Waals surface area (Å²) in [5.41, 5.74) is 6.22. The molecule has 7 nitrogen and oxygen atoms in total. The van der Waals surface area contributed by atoms with Crippen LogP contribution in [0.15, 0.2) is 22.8 Å². The topological polar surface area (TPSA) is 97.5 Å². The molecule has 0 spiro atoms. The van der Waals surface area contributed by atoms with Crippen molar-refractivity contribution in [1.29, 1.82) is 0 Å². The Balaban J connectivity index is 2.54. The minimum atomic E-state index is 0.0206. The molecule has 0 amide bonds. The summed E-state index contributed by atoms with van der Waals surface area (Å²) in [6.45, 7) is 0. The number of aromatic nitrogens is 2. The zero-order valence-electron chi connectivity index (χ0n) is 9.34. The second-order valence-electron chi connectivity index (χ2n) is 3.23. The fourth-order valence-corrected chi connectivity index (χ4v) is 1.50. The van der Waals surface area contributed by atoms with E-state index in [0.717, 1.165) is 0 Å². The number of benzene rings is 1. The summed E-state index contributed by atoms with van der Waals surface area (Å²) in [6.07, 6.45) is 0. The highest BCUT2D eigenvalue weighted by Crippen LogP contribution is 2.32. The predicted molar refractivity (Wildman–Crippen MR) is 58.4 cm³/mol. The summed E-state index contributed by atoms with van der Waals surface area (Å²) >= 11 is 0. The number of nitrogens with two attached hydrogens (primary N) is 1. The van der Waals surface area contributed by atoms with Crippen molar-refractivity contribution in [3.05, 3.63) is 23.4 Å². The highest BCUT2D eigenvalue weighted by Gasteiger charge is 2.19. The lowest BCUT2D eigenvalue weighted by molar-refractivity contribution is -0.793. The van der Waals surface area contributed by atoms with Gasteiger partial charge in [-0.15, -0.1) is 0 Å².